The fourth-order valence-electron chi connectivity index (χ4n) is 4.88. The van der Waals surface area contributed by atoms with E-state index in [9.17, 15) is 0 Å². The Morgan fingerprint density at radius 1 is 0.826 bits per heavy atom. The van der Waals surface area contributed by atoms with Gasteiger partial charge in [0.15, 0.2) is 0 Å². The lowest BCUT2D eigenvalue weighted by Crippen LogP contribution is -2.73. The summed E-state index contributed by atoms with van der Waals surface area (Å²) >= 11 is 5.94. The molecule has 2 aliphatic rings. The molecule has 2 saturated carbocycles. The van der Waals surface area contributed by atoms with E-state index in [0.717, 1.165) is 11.3 Å². The van der Waals surface area contributed by atoms with Gasteiger partial charge in [-0.1, -0.05) is 70.5 Å². The maximum atomic E-state index is 7.19. The number of thiocarbonyl (C=S) groups is 1. The van der Waals surface area contributed by atoms with Crippen LogP contribution in [0.15, 0.2) is 0 Å². The first-order valence-electron chi connectivity index (χ1n) is 10.0. The van der Waals surface area contributed by atoms with Crippen LogP contribution in [0.1, 0.15) is 97.3 Å². The maximum Gasteiger partial charge on any atom is 0.0683 e. The summed E-state index contributed by atoms with van der Waals surface area (Å²) in [6, 6.07) is 0. The van der Waals surface area contributed by atoms with E-state index >= 15 is 0 Å². The summed E-state index contributed by atoms with van der Waals surface area (Å²) in [7, 11) is 0. The van der Waals surface area contributed by atoms with Crippen LogP contribution in [0.4, 0.5) is 0 Å². The van der Waals surface area contributed by atoms with Crippen molar-refractivity contribution in [2.24, 2.45) is 23.3 Å². The van der Waals surface area contributed by atoms with Gasteiger partial charge in [0.25, 0.3) is 0 Å². The Kier molecular flexibility index (Phi) is 7.06. The van der Waals surface area contributed by atoms with Crippen LogP contribution in [0.5, 0.6) is 0 Å². The van der Waals surface area contributed by atoms with E-state index in [-0.39, 0.29) is 0 Å². The molecule has 2 aliphatic carbocycles. The van der Waals surface area contributed by atoms with Gasteiger partial charge in [0.05, 0.1) is 5.54 Å². The molecule has 0 radical (unpaired) electrons. The Bertz CT molecular complexity index is 383. The molecule has 0 bridgehead atoms. The van der Waals surface area contributed by atoms with E-state index in [1.54, 1.807) is 0 Å². The molecule has 23 heavy (non-hydrogen) atoms. The van der Waals surface area contributed by atoms with Crippen molar-refractivity contribution in [2.45, 2.75) is 108 Å². The quantitative estimate of drug-likeness (QED) is 0.652. The molecule has 134 valence electrons. The summed E-state index contributed by atoms with van der Waals surface area (Å²) < 4.78 is 0. The summed E-state index contributed by atoms with van der Waals surface area (Å²) in [6.45, 7) is 4.49. The smallest absolute Gasteiger partial charge is 0.0683 e. The fourth-order valence-corrected chi connectivity index (χ4v) is 5.41. The van der Waals surface area contributed by atoms with E-state index < -0.39 is 11.1 Å². The molecule has 0 spiro atoms. The number of rotatable bonds is 1. The Hall–Kier alpha value is 0.0100. The van der Waals surface area contributed by atoms with Crippen LogP contribution in [-0.4, -0.2) is 15.9 Å². The first-order valence-corrected chi connectivity index (χ1v) is 10.4. The molecule has 0 aromatic heterocycles. The van der Waals surface area contributed by atoms with Crippen molar-refractivity contribution in [1.29, 1.82) is 0 Å². The van der Waals surface area contributed by atoms with E-state index in [0.29, 0.717) is 11.8 Å². The van der Waals surface area contributed by atoms with Crippen molar-refractivity contribution < 1.29 is 0 Å². The van der Waals surface area contributed by atoms with Gasteiger partial charge in [-0.3, -0.25) is 0 Å². The van der Waals surface area contributed by atoms with Crippen molar-refractivity contribution in [3.63, 3.8) is 0 Å². The largest absolute Gasteiger partial charge is 0.323 e. The Labute approximate surface area is 149 Å². The molecular weight excluding hydrogens is 300 g/mol. The molecule has 2 nitrogen and oxygen atoms in total. The highest BCUT2D eigenvalue weighted by Gasteiger charge is 2.52. The molecular formula is C20H38N2S. The van der Waals surface area contributed by atoms with Crippen LogP contribution >= 0.6 is 12.2 Å². The second kappa shape index (κ2) is 8.40. The van der Waals surface area contributed by atoms with Gasteiger partial charge in [-0.2, -0.15) is 0 Å². The van der Waals surface area contributed by atoms with Crippen molar-refractivity contribution >= 4 is 17.1 Å². The van der Waals surface area contributed by atoms with Crippen molar-refractivity contribution in [3.8, 4) is 0 Å². The summed E-state index contributed by atoms with van der Waals surface area (Å²) in [5.41, 5.74) is 13.3. The van der Waals surface area contributed by atoms with Gasteiger partial charge in [0.2, 0.25) is 0 Å². The first kappa shape index (κ1) is 19.3. The molecule has 2 fully saturated rings. The van der Waals surface area contributed by atoms with E-state index in [4.69, 9.17) is 23.7 Å². The highest BCUT2D eigenvalue weighted by Crippen LogP contribution is 2.42. The molecule has 0 heterocycles. The van der Waals surface area contributed by atoms with Crippen LogP contribution in [-0.2, 0) is 0 Å². The minimum absolute atomic E-state index is 0.396. The first-order chi connectivity index (χ1) is 10.9. The van der Waals surface area contributed by atoms with Crippen LogP contribution in [0.3, 0.4) is 0 Å². The van der Waals surface area contributed by atoms with Crippen LogP contribution in [0, 0.1) is 11.8 Å². The lowest BCUT2D eigenvalue weighted by Gasteiger charge is -2.52. The van der Waals surface area contributed by atoms with Gasteiger partial charge in [0.1, 0.15) is 0 Å². The zero-order chi connectivity index (χ0) is 16.9. The van der Waals surface area contributed by atoms with Crippen LogP contribution in [0.2, 0.25) is 0 Å². The molecule has 0 aliphatic heterocycles. The van der Waals surface area contributed by atoms with Gasteiger partial charge in [-0.25, -0.2) is 0 Å². The molecule has 3 unspecified atom stereocenters. The second-order valence-electron chi connectivity index (χ2n) is 8.47. The lowest BCUT2D eigenvalue weighted by atomic mass is 9.60. The number of nitrogens with two attached hydrogens (primary N) is 2. The predicted molar refractivity (Wildman–Crippen MR) is 105 cm³/mol. The van der Waals surface area contributed by atoms with E-state index in [2.05, 4.69) is 13.8 Å². The maximum absolute atomic E-state index is 7.19. The average molecular weight is 339 g/mol. The fraction of sp³-hybridized carbons (Fsp3) is 0.950. The Morgan fingerprint density at radius 3 is 1.91 bits per heavy atom. The lowest BCUT2D eigenvalue weighted by molar-refractivity contribution is 0.141. The molecule has 4 N–H and O–H groups in total. The summed E-state index contributed by atoms with van der Waals surface area (Å²) in [4.78, 5) is 1.07. The minimum atomic E-state index is -0.476. The summed E-state index contributed by atoms with van der Waals surface area (Å²) in [5.74, 6) is 0.889. The predicted octanol–water partition coefficient (Wildman–Crippen LogP) is 5.12. The van der Waals surface area contributed by atoms with Gasteiger partial charge < -0.3 is 11.5 Å². The molecule has 3 heteroatoms. The average Bonchev–Trinajstić information content (AvgIpc) is 2.67. The Balaban J connectivity index is 2.33. The molecule has 0 aromatic carbocycles. The van der Waals surface area contributed by atoms with E-state index in [1.165, 1.54) is 77.0 Å². The van der Waals surface area contributed by atoms with Crippen LogP contribution < -0.4 is 11.5 Å². The zero-order valence-corrected chi connectivity index (χ0v) is 16.2. The monoisotopic (exact) mass is 338 g/mol. The van der Waals surface area contributed by atoms with Crippen molar-refractivity contribution in [1.82, 2.24) is 0 Å². The Morgan fingerprint density at radius 2 is 1.30 bits per heavy atom. The molecule has 0 saturated heterocycles. The normalized spacial score (nSPS) is 39.5. The van der Waals surface area contributed by atoms with Crippen molar-refractivity contribution in [3.05, 3.63) is 0 Å². The molecule has 0 aromatic rings. The third kappa shape index (κ3) is 4.16. The van der Waals surface area contributed by atoms with Gasteiger partial charge >= 0.3 is 0 Å². The third-order valence-electron chi connectivity index (χ3n) is 6.92. The van der Waals surface area contributed by atoms with Gasteiger partial charge in [-0.15, -0.1) is 0 Å². The third-order valence-corrected chi connectivity index (χ3v) is 7.46. The number of hydrogen-bond acceptors (Lipinski definition) is 3. The summed E-state index contributed by atoms with van der Waals surface area (Å²) in [5, 5.41) is 0. The van der Waals surface area contributed by atoms with Crippen LogP contribution in [0.25, 0.3) is 0 Å². The van der Waals surface area contributed by atoms with Gasteiger partial charge in [-0.05, 0) is 50.9 Å². The minimum Gasteiger partial charge on any atom is -0.323 e. The SMILES string of the molecule is CC1CCCCCC(=S)C(N)(C2CCCCCCCC2)C1(C)N. The molecule has 2 rings (SSSR count). The standard InChI is InChI=1S/C20H38N2S/c1-16-12-8-7-11-15-18(23)20(22,19(16,2)21)17-13-9-5-3-4-6-10-14-17/h16-17H,3-15,21-22H2,1-2H3. The highest BCUT2D eigenvalue weighted by molar-refractivity contribution is 7.80. The second-order valence-corrected chi connectivity index (χ2v) is 8.96. The van der Waals surface area contributed by atoms with E-state index in [1.807, 2.05) is 0 Å². The molecule has 3 atom stereocenters. The zero-order valence-electron chi connectivity index (χ0n) is 15.4. The van der Waals surface area contributed by atoms with Gasteiger partial charge in [0, 0.05) is 10.4 Å². The topological polar surface area (TPSA) is 52.0 Å². The summed E-state index contributed by atoms with van der Waals surface area (Å²) in [6.07, 6.45) is 16.3. The highest BCUT2D eigenvalue weighted by atomic mass is 32.1. The molecule has 0 amide bonds. The van der Waals surface area contributed by atoms with Crippen molar-refractivity contribution in [2.75, 3.05) is 0 Å². The number of hydrogen-bond donors (Lipinski definition) is 2.